The fourth-order valence-electron chi connectivity index (χ4n) is 3.32. The minimum Gasteiger partial charge on any atom is -0.323 e. The zero-order chi connectivity index (χ0) is 18.5. The number of carbonyl (C=O) groups excluding carboxylic acids is 1. The molecule has 0 fully saturated rings. The third-order valence-corrected chi connectivity index (χ3v) is 4.75. The summed E-state index contributed by atoms with van der Waals surface area (Å²) in [4.78, 5) is 12.1. The molecule has 1 aliphatic rings. The molecule has 2 heterocycles. The molecule has 1 aromatic heterocycles. The maximum absolute atomic E-state index is 12.1. The molecule has 136 valence electrons. The van der Waals surface area contributed by atoms with Crippen molar-refractivity contribution in [3.05, 3.63) is 72.1 Å². The second kappa shape index (κ2) is 7.99. The van der Waals surface area contributed by atoms with Crippen molar-refractivity contribution in [2.45, 2.75) is 32.2 Å². The highest BCUT2D eigenvalue weighted by Gasteiger charge is 2.15. The molecule has 0 bridgehead atoms. The van der Waals surface area contributed by atoms with Crippen molar-refractivity contribution in [1.29, 1.82) is 0 Å². The molecule has 27 heavy (non-hydrogen) atoms. The number of anilines is 1. The second-order valence-corrected chi connectivity index (χ2v) is 6.71. The van der Waals surface area contributed by atoms with Crippen LogP contribution in [-0.2, 0) is 17.8 Å². The molecular weight excluding hydrogens is 336 g/mol. The van der Waals surface area contributed by atoms with E-state index in [9.17, 15) is 4.79 Å². The highest BCUT2D eigenvalue weighted by atomic mass is 16.1. The molecule has 0 spiro atoms. The highest BCUT2D eigenvalue weighted by molar-refractivity contribution is 6.02. The molecule has 0 saturated heterocycles. The molecule has 3 aromatic rings. The van der Waals surface area contributed by atoms with Crippen molar-refractivity contribution in [3.63, 3.8) is 0 Å². The first-order valence-corrected chi connectivity index (χ1v) is 9.36. The van der Waals surface area contributed by atoms with Crippen molar-refractivity contribution in [2.24, 2.45) is 0 Å². The lowest BCUT2D eigenvalue weighted by Crippen LogP contribution is -2.07. The van der Waals surface area contributed by atoms with E-state index in [2.05, 4.69) is 20.1 Å². The minimum atomic E-state index is -0.150. The summed E-state index contributed by atoms with van der Waals surface area (Å²) in [5, 5.41) is 11.6. The lowest BCUT2D eigenvalue weighted by Gasteiger charge is -2.08. The number of aromatic nitrogens is 3. The Hall–Kier alpha value is -3.21. The maximum atomic E-state index is 12.1. The first kappa shape index (κ1) is 17.2. The lowest BCUT2D eigenvalue weighted by atomic mass is 10.2. The quantitative estimate of drug-likeness (QED) is 0.707. The Morgan fingerprint density at radius 2 is 1.78 bits per heavy atom. The third kappa shape index (κ3) is 4.14. The van der Waals surface area contributed by atoms with Gasteiger partial charge in [-0.15, -0.1) is 10.2 Å². The van der Waals surface area contributed by atoms with Crippen LogP contribution >= 0.6 is 0 Å². The van der Waals surface area contributed by atoms with Gasteiger partial charge in [-0.3, -0.25) is 4.79 Å². The molecule has 0 saturated carbocycles. The highest BCUT2D eigenvalue weighted by Crippen LogP contribution is 2.24. The predicted octanol–water partition coefficient (Wildman–Crippen LogP) is 4.32. The van der Waals surface area contributed by atoms with Crippen molar-refractivity contribution < 1.29 is 4.79 Å². The van der Waals surface area contributed by atoms with E-state index in [0.29, 0.717) is 0 Å². The van der Waals surface area contributed by atoms with E-state index in [1.807, 2.05) is 54.6 Å². The third-order valence-electron chi connectivity index (χ3n) is 4.75. The van der Waals surface area contributed by atoms with Gasteiger partial charge >= 0.3 is 0 Å². The Bertz CT molecular complexity index is 942. The van der Waals surface area contributed by atoms with Crippen LogP contribution in [0.5, 0.6) is 0 Å². The molecule has 0 radical (unpaired) electrons. The zero-order valence-electron chi connectivity index (χ0n) is 15.1. The summed E-state index contributed by atoms with van der Waals surface area (Å²) in [5.74, 6) is 1.84. The summed E-state index contributed by atoms with van der Waals surface area (Å²) in [6.07, 6.45) is 7.93. The van der Waals surface area contributed by atoms with Crippen LogP contribution < -0.4 is 5.32 Å². The maximum Gasteiger partial charge on any atom is 0.248 e. The van der Waals surface area contributed by atoms with E-state index in [4.69, 9.17) is 0 Å². The molecule has 2 aromatic carbocycles. The summed E-state index contributed by atoms with van der Waals surface area (Å²) in [7, 11) is 0. The smallest absolute Gasteiger partial charge is 0.248 e. The molecule has 5 heteroatoms. The number of rotatable bonds is 4. The Kier molecular flexibility index (Phi) is 5.10. The minimum absolute atomic E-state index is 0.150. The molecule has 0 aliphatic carbocycles. The predicted molar refractivity (Wildman–Crippen MR) is 107 cm³/mol. The summed E-state index contributed by atoms with van der Waals surface area (Å²) >= 11 is 0. The van der Waals surface area contributed by atoms with Crippen LogP contribution in [0.15, 0.2) is 60.7 Å². The Morgan fingerprint density at radius 1 is 0.963 bits per heavy atom. The van der Waals surface area contributed by atoms with E-state index < -0.39 is 0 Å². The zero-order valence-corrected chi connectivity index (χ0v) is 15.1. The van der Waals surface area contributed by atoms with Crippen LogP contribution in [0, 0.1) is 0 Å². The van der Waals surface area contributed by atoms with Crippen molar-refractivity contribution in [2.75, 3.05) is 5.32 Å². The van der Waals surface area contributed by atoms with Gasteiger partial charge in [0, 0.05) is 30.3 Å². The number of benzene rings is 2. The average molecular weight is 358 g/mol. The number of amides is 1. The van der Waals surface area contributed by atoms with Gasteiger partial charge in [0.25, 0.3) is 0 Å². The second-order valence-electron chi connectivity index (χ2n) is 6.71. The van der Waals surface area contributed by atoms with Gasteiger partial charge in [-0.25, -0.2) is 0 Å². The van der Waals surface area contributed by atoms with E-state index in [1.165, 1.54) is 19.3 Å². The number of nitrogens with zero attached hydrogens (tertiary/aromatic N) is 3. The van der Waals surface area contributed by atoms with Gasteiger partial charge in [-0.1, -0.05) is 36.8 Å². The topological polar surface area (TPSA) is 59.8 Å². The monoisotopic (exact) mass is 358 g/mol. The van der Waals surface area contributed by atoms with Crippen LogP contribution in [0.4, 0.5) is 5.69 Å². The van der Waals surface area contributed by atoms with Gasteiger partial charge < -0.3 is 9.88 Å². The number of aryl methyl sites for hydroxylation is 1. The van der Waals surface area contributed by atoms with Crippen LogP contribution in [0.1, 0.15) is 30.7 Å². The first-order chi connectivity index (χ1) is 13.3. The standard InChI is InChI=1S/C22H22N4O/c27-21(15-10-17-7-3-1-4-8-17)23-19-13-11-18(12-14-19)22-25-24-20-9-5-2-6-16-26(20)22/h1,3-4,7-8,10-15H,2,5-6,9,16H2,(H,23,27). The van der Waals surface area contributed by atoms with Gasteiger partial charge in [-0.2, -0.15) is 0 Å². The molecule has 1 amide bonds. The molecule has 0 unspecified atom stereocenters. The van der Waals surface area contributed by atoms with Gasteiger partial charge in [0.05, 0.1) is 0 Å². The summed E-state index contributed by atoms with van der Waals surface area (Å²) in [6.45, 7) is 0.973. The summed E-state index contributed by atoms with van der Waals surface area (Å²) < 4.78 is 2.23. The summed E-state index contributed by atoms with van der Waals surface area (Å²) in [5.41, 5.74) is 2.78. The number of hydrogen-bond donors (Lipinski definition) is 1. The molecule has 0 atom stereocenters. The van der Waals surface area contributed by atoms with E-state index in [1.54, 1.807) is 12.2 Å². The van der Waals surface area contributed by atoms with Gasteiger partial charge in [0.15, 0.2) is 5.82 Å². The number of nitrogens with one attached hydrogen (secondary N) is 1. The van der Waals surface area contributed by atoms with Crippen LogP contribution in [0.3, 0.4) is 0 Å². The fourth-order valence-corrected chi connectivity index (χ4v) is 3.32. The SMILES string of the molecule is O=C(C=Cc1ccccc1)Nc1ccc(-c2nnc3n2CCCCC3)cc1. The summed E-state index contributed by atoms with van der Waals surface area (Å²) in [6, 6.07) is 17.5. The average Bonchev–Trinajstić information content (AvgIpc) is 2.96. The Morgan fingerprint density at radius 3 is 2.59 bits per heavy atom. The van der Waals surface area contributed by atoms with Gasteiger partial charge in [0.2, 0.25) is 5.91 Å². The molecule has 5 nitrogen and oxygen atoms in total. The molecular formula is C22H22N4O. The van der Waals surface area contributed by atoms with Crippen molar-refractivity contribution in [3.8, 4) is 11.4 Å². The molecule has 4 rings (SSSR count). The van der Waals surface area contributed by atoms with Gasteiger partial charge in [0.1, 0.15) is 5.82 Å². The van der Waals surface area contributed by atoms with Crippen LogP contribution in [0.25, 0.3) is 17.5 Å². The Labute approximate surface area is 158 Å². The Balaban J connectivity index is 1.44. The van der Waals surface area contributed by atoms with E-state index in [-0.39, 0.29) is 5.91 Å². The van der Waals surface area contributed by atoms with Crippen molar-refractivity contribution in [1.82, 2.24) is 14.8 Å². The lowest BCUT2D eigenvalue weighted by molar-refractivity contribution is -0.111. The largest absolute Gasteiger partial charge is 0.323 e. The van der Waals surface area contributed by atoms with E-state index >= 15 is 0 Å². The fraction of sp³-hybridized carbons (Fsp3) is 0.227. The van der Waals surface area contributed by atoms with Gasteiger partial charge in [-0.05, 0) is 48.7 Å². The normalized spacial score (nSPS) is 13.9. The number of hydrogen-bond acceptors (Lipinski definition) is 3. The first-order valence-electron chi connectivity index (χ1n) is 9.36. The molecule has 1 aliphatic heterocycles. The van der Waals surface area contributed by atoms with Crippen molar-refractivity contribution >= 4 is 17.7 Å². The van der Waals surface area contributed by atoms with Crippen LogP contribution in [-0.4, -0.2) is 20.7 Å². The van der Waals surface area contributed by atoms with Crippen LogP contribution in [0.2, 0.25) is 0 Å². The number of carbonyl (C=O) groups is 1. The number of fused-ring (bicyclic) bond motifs is 1. The van der Waals surface area contributed by atoms with E-state index in [0.717, 1.165) is 41.4 Å². The molecule has 1 N–H and O–H groups in total.